The van der Waals surface area contributed by atoms with Crippen molar-refractivity contribution >= 4 is 5.82 Å². The Balaban J connectivity index is 2.14. The van der Waals surface area contributed by atoms with Gasteiger partial charge in [-0.15, -0.1) is 0 Å². The zero-order chi connectivity index (χ0) is 15.2. The largest absolute Gasteiger partial charge is 0.357 e. The molecular formula is C18H31N3. The van der Waals surface area contributed by atoms with Gasteiger partial charge in [0.15, 0.2) is 0 Å². The molecule has 1 aromatic heterocycles. The summed E-state index contributed by atoms with van der Waals surface area (Å²) in [6, 6.07) is 4.55. The number of hydrogen-bond acceptors (Lipinski definition) is 3. The van der Waals surface area contributed by atoms with Crippen LogP contribution in [0.15, 0.2) is 12.1 Å². The van der Waals surface area contributed by atoms with Gasteiger partial charge in [-0.05, 0) is 55.3 Å². The zero-order valence-corrected chi connectivity index (χ0v) is 14.2. The fourth-order valence-electron chi connectivity index (χ4n) is 2.80. The molecule has 0 saturated carbocycles. The van der Waals surface area contributed by atoms with Crippen molar-refractivity contribution in [3.63, 3.8) is 0 Å². The summed E-state index contributed by atoms with van der Waals surface area (Å²) in [6.07, 6.45) is 3.76. The van der Waals surface area contributed by atoms with Crippen LogP contribution < -0.4 is 10.2 Å². The summed E-state index contributed by atoms with van der Waals surface area (Å²) in [6.45, 7) is 13.4. The molecule has 0 atom stereocenters. The summed E-state index contributed by atoms with van der Waals surface area (Å²) < 4.78 is 0. The molecule has 0 bridgehead atoms. The Hall–Kier alpha value is -1.09. The molecular weight excluding hydrogens is 258 g/mol. The van der Waals surface area contributed by atoms with E-state index in [9.17, 15) is 0 Å². The highest BCUT2D eigenvalue weighted by atomic mass is 15.2. The van der Waals surface area contributed by atoms with E-state index in [1.54, 1.807) is 0 Å². The molecule has 1 aliphatic heterocycles. The van der Waals surface area contributed by atoms with Gasteiger partial charge in [0, 0.05) is 25.3 Å². The molecule has 1 N–H and O–H groups in total. The van der Waals surface area contributed by atoms with Gasteiger partial charge in [-0.25, -0.2) is 4.98 Å². The molecule has 21 heavy (non-hydrogen) atoms. The van der Waals surface area contributed by atoms with Crippen molar-refractivity contribution in [2.24, 2.45) is 5.92 Å². The van der Waals surface area contributed by atoms with E-state index in [1.165, 1.54) is 36.3 Å². The van der Waals surface area contributed by atoms with Crippen molar-refractivity contribution in [2.75, 3.05) is 24.5 Å². The third-order valence-corrected chi connectivity index (χ3v) is 4.35. The molecule has 2 rings (SSSR count). The summed E-state index contributed by atoms with van der Waals surface area (Å²) in [4.78, 5) is 7.38. The minimum absolute atomic E-state index is 0.485. The first-order valence-corrected chi connectivity index (χ1v) is 8.56. The molecule has 0 unspecified atom stereocenters. The van der Waals surface area contributed by atoms with E-state index in [1.807, 2.05) is 0 Å². The third-order valence-electron chi connectivity index (χ3n) is 4.35. The van der Waals surface area contributed by atoms with Crippen LogP contribution in [0.1, 0.15) is 64.1 Å². The maximum absolute atomic E-state index is 4.91. The number of aromatic nitrogens is 1. The lowest BCUT2D eigenvalue weighted by Gasteiger charge is -2.32. The Kier molecular flexibility index (Phi) is 6.04. The highest BCUT2D eigenvalue weighted by Gasteiger charge is 2.18. The van der Waals surface area contributed by atoms with E-state index in [2.05, 4.69) is 50.0 Å². The van der Waals surface area contributed by atoms with Crippen molar-refractivity contribution in [3.8, 4) is 0 Å². The van der Waals surface area contributed by atoms with E-state index in [0.717, 1.165) is 32.1 Å². The van der Waals surface area contributed by atoms with Crippen LogP contribution in [0.4, 0.5) is 5.82 Å². The summed E-state index contributed by atoms with van der Waals surface area (Å²) in [7, 11) is 0. The molecule has 1 fully saturated rings. The SMILES string of the molecule is CCCNCc1cc(C(C)C)nc(N2CCC(C)CC2)c1. The molecule has 1 aromatic rings. The number of hydrogen-bond donors (Lipinski definition) is 1. The zero-order valence-electron chi connectivity index (χ0n) is 14.2. The molecule has 118 valence electrons. The first kappa shape index (κ1) is 16.3. The van der Waals surface area contributed by atoms with Gasteiger partial charge >= 0.3 is 0 Å². The van der Waals surface area contributed by atoms with Crippen LogP contribution in [-0.2, 0) is 6.54 Å². The molecule has 0 amide bonds. The van der Waals surface area contributed by atoms with Crippen LogP contribution >= 0.6 is 0 Å². The molecule has 0 aromatic carbocycles. The monoisotopic (exact) mass is 289 g/mol. The average molecular weight is 289 g/mol. The van der Waals surface area contributed by atoms with Crippen molar-refractivity contribution < 1.29 is 0 Å². The molecule has 1 saturated heterocycles. The second-order valence-electron chi connectivity index (χ2n) is 6.76. The van der Waals surface area contributed by atoms with Crippen molar-refractivity contribution in [3.05, 3.63) is 23.4 Å². The summed E-state index contributed by atoms with van der Waals surface area (Å²) >= 11 is 0. The molecule has 1 aliphatic rings. The van der Waals surface area contributed by atoms with Crippen molar-refractivity contribution in [2.45, 2.75) is 59.4 Å². The molecule has 3 nitrogen and oxygen atoms in total. The Morgan fingerprint density at radius 1 is 1.29 bits per heavy atom. The van der Waals surface area contributed by atoms with Crippen molar-refractivity contribution in [1.82, 2.24) is 10.3 Å². The highest BCUT2D eigenvalue weighted by molar-refractivity contribution is 5.43. The fourth-order valence-corrected chi connectivity index (χ4v) is 2.80. The van der Waals surface area contributed by atoms with E-state index in [0.29, 0.717) is 5.92 Å². The van der Waals surface area contributed by atoms with Gasteiger partial charge in [-0.2, -0.15) is 0 Å². The first-order valence-electron chi connectivity index (χ1n) is 8.56. The second kappa shape index (κ2) is 7.79. The van der Waals surface area contributed by atoms with E-state index in [-0.39, 0.29) is 0 Å². The maximum atomic E-state index is 4.91. The van der Waals surface area contributed by atoms with Crippen LogP contribution in [0.2, 0.25) is 0 Å². The number of nitrogens with zero attached hydrogens (tertiary/aromatic N) is 2. The van der Waals surface area contributed by atoms with Crippen LogP contribution in [0.3, 0.4) is 0 Å². The number of pyridine rings is 1. The minimum Gasteiger partial charge on any atom is -0.357 e. The molecule has 3 heteroatoms. The van der Waals surface area contributed by atoms with Gasteiger partial charge in [0.1, 0.15) is 5.82 Å². The summed E-state index contributed by atoms with van der Waals surface area (Å²) in [5.41, 5.74) is 2.59. The van der Waals surface area contributed by atoms with Gasteiger partial charge in [0.05, 0.1) is 0 Å². The predicted molar refractivity (Wildman–Crippen MR) is 90.9 cm³/mol. The highest BCUT2D eigenvalue weighted by Crippen LogP contribution is 2.25. The first-order chi connectivity index (χ1) is 10.1. The average Bonchev–Trinajstić information content (AvgIpc) is 2.48. The number of rotatable bonds is 6. The molecule has 0 spiro atoms. The minimum atomic E-state index is 0.485. The van der Waals surface area contributed by atoms with Gasteiger partial charge < -0.3 is 10.2 Å². The third kappa shape index (κ3) is 4.70. The summed E-state index contributed by atoms with van der Waals surface area (Å²) in [5, 5.41) is 3.51. The van der Waals surface area contributed by atoms with Crippen LogP contribution in [-0.4, -0.2) is 24.6 Å². The Morgan fingerprint density at radius 2 is 2.00 bits per heavy atom. The molecule has 2 heterocycles. The van der Waals surface area contributed by atoms with Crippen LogP contribution in [0, 0.1) is 5.92 Å². The van der Waals surface area contributed by atoms with Gasteiger partial charge in [-0.1, -0.05) is 27.7 Å². The molecule has 0 radical (unpaired) electrons. The van der Waals surface area contributed by atoms with Gasteiger partial charge in [0.25, 0.3) is 0 Å². The van der Waals surface area contributed by atoms with E-state index >= 15 is 0 Å². The normalized spacial score (nSPS) is 16.7. The number of piperidine rings is 1. The van der Waals surface area contributed by atoms with Crippen LogP contribution in [0.25, 0.3) is 0 Å². The number of anilines is 1. The summed E-state index contributed by atoms with van der Waals surface area (Å²) in [5.74, 6) is 2.53. The van der Waals surface area contributed by atoms with Crippen molar-refractivity contribution in [1.29, 1.82) is 0 Å². The Labute approximate surface area is 130 Å². The topological polar surface area (TPSA) is 28.2 Å². The Morgan fingerprint density at radius 3 is 2.62 bits per heavy atom. The second-order valence-corrected chi connectivity index (χ2v) is 6.76. The fraction of sp³-hybridized carbons (Fsp3) is 0.722. The van der Waals surface area contributed by atoms with Crippen LogP contribution in [0.5, 0.6) is 0 Å². The van der Waals surface area contributed by atoms with Gasteiger partial charge in [-0.3, -0.25) is 0 Å². The van der Waals surface area contributed by atoms with E-state index in [4.69, 9.17) is 4.98 Å². The lowest BCUT2D eigenvalue weighted by Crippen LogP contribution is -2.33. The lowest BCUT2D eigenvalue weighted by molar-refractivity contribution is 0.436. The predicted octanol–water partition coefficient (Wildman–Crippen LogP) is 3.94. The maximum Gasteiger partial charge on any atom is 0.129 e. The smallest absolute Gasteiger partial charge is 0.129 e. The Bertz CT molecular complexity index is 434. The number of nitrogens with one attached hydrogen (secondary N) is 1. The van der Waals surface area contributed by atoms with Gasteiger partial charge in [0.2, 0.25) is 0 Å². The standard InChI is InChI=1S/C18H31N3/c1-5-8-19-13-16-11-17(14(2)3)20-18(12-16)21-9-6-15(4)7-10-21/h11-12,14-15,19H,5-10,13H2,1-4H3. The quantitative estimate of drug-likeness (QED) is 0.804. The lowest BCUT2D eigenvalue weighted by atomic mass is 9.99. The molecule has 0 aliphatic carbocycles. The van der Waals surface area contributed by atoms with E-state index < -0.39 is 0 Å².